The molecule has 2 fully saturated rings. The van der Waals surface area contributed by atoms with E-state index in [1.54, 1.807) is 36.4 Å². The number of benzene rings is 3. The molecule has 1 aliphatic carbocycles. The van der Waals surface area contributed by atoms with Gasteiger partial charge in [-0.2, -0.15) is 0 Å². The van der Waals surface area contributed by atoms with Crippen LogP contribution in [0.15, 0.2) is 72.8 Å². The summed E-state index contributed by atoms with van der Waals surface area (Å²) in [5.74, 6) is -2.71. The van der Waals surface area contributed by atoms with Gasteiger partial charge in [0.25, 0.3) is 5.91 Å². The minimum atomic E-state index is -1.10. The number of carboxylic acid groups (broad SMARTS) is 1. The number of hydrogen-bond donors (Lipinski definition) is 5. The van der Waals surface area contributed by atoms with Crippen molar-refractivity contribution in [2.24, 2.45) is 5.92 Å². The molecule has 1 saturated carbocycles. The molecule has 13 heteroatoms. The second kappa shape index (κ2) is 16.3. The molecular formula is C36H39F2N3O7S. The number of aliphatic hydroxyl groups is 1. The van der Waals surface area contributed by atoms with Crippen LogP contribution in [-0.4, -0.2) is 64.1 Å². The van der Waals surface area contributed by atoms with Gasteiger partial charge in [-0.05, 0) is 65.4 Å². The van der Waals surface area contributed by atoms with Gasteiger partial charge in [0.15, 0.2) is 6.61 Å². The number of β-lactam (4-membered cyclic amide) rings is 1. The van der Waals surface area contributed by atoms with Crippen molar-refractivity contribution < 1.29 is 42.9 Å². The lowest BCUT2D eigenvalue weighted by atomic mass is 9.74. The number of thioether (sulfide) groups is 1. The summed E-state index contributed by atoms with van der Waals surface area (Å²) in [4.78, 5) is 49.4. The SMILES string of the molecule is O=C(COc1ccc([C@]2(c3ccc(F)cc3)NC(=O)[C@@H]2SCC(O)c2ccc(F)cc2)cc1)NCC(=O)N[C@H](CC1CCCCC1)C(=O)O. The first-order valence-corrected chi connectivity index (χ1v) is 17.3. The zero-order valence-corrected chi connectivity index (χ0v) is 27.5. The Morgan fingerprint density at radius 1 is 0.898 bits per heavy atom. The average Bonchev–Trinajstić information content (AvgIpc) is 3.09. The summed E-state index contributed by atoms with van der Waals surface area (Å²) in [7, 11) is 0. The van der Waals surface area contributed by atoms with Crippen LogP contribution in [0.5, 0.6) is 5.75 Å². The van der Waals surface area contributed by atoms with E-state index in [4.69, 9.17) is 4.74 Å². The number of ether oxygens (including phenoxy) is 1. The molecule has 3 amide bonds. The lowest BCUT2D eigenvalue weighted by molar-refractivity contribution is -0.142. The van der Waals surface area contributed by atoms with E-state index in [9.17, 15) is 38.2 Å². The molecule has 4 atom stereocenters. The highest BCUT2D eigenvalue weighted by Gasteiger charge is 2.56. The number of amides is 3. The van der Waals surface area contributed by atoms with Crippen LogP contribution in [-0.2, 0) is 24.7 Å². The third kappa shape index (κ3) is 8.95. The molecule has 3 aromatic rings. The van der Waals surface area contributed by atoms with Gasteiger partial charge >= 0.3 is 5.97 Å². The maximum absolute atomic E-state index is 13.9. The molecule has 260 valence electrons. The van der Waals surface area contributed by atoms with Crippen molar-refractivity contribution in [3.8, 4) is 5.75 Å². The lowest BCUT2D eigenvalue weighted by Crippen LogP contribution is -2.69. The van der Waals surface area contributed by atoms with Gasteiger partial charge in [0.2, 0.25) is 11.8 Å². The van der Waals surface area contributed by atoms with Crippen molar-refractivity contribution in [3.63, 3.8) is 0 Å². The lowest BCUT2D eigenvalue weighted by Gasteiger charge is -2.50. The largest absolute Gasteiger partial charge is 0.484 e. The van der Waals surface area contributed by atoms with Gasteiger partial charge in [-0.25, -0.2) is 13.6 Å². The summed E-state index contributed by atoms with van der Waals surface area (Å²) in [5, 5.41) is 27.5. The molecule has 1 aliphatic heterocycles. The zero-order chi connectivity index (χ0) is 35.0. The number of aliphatic carboxylic acids is 1. The van der Waals surface area contributed by atoms with Gasteiger partial charge in [0.05, 0.1) is 12.6 Å². The second-order valence-corrected chi connectivity index (χ2v) is 13.5. The minimum Gasteiger partial charge on any atom is -0.484 e. The van der Waals surface area contributed by atoms with Crippen LogP contribution >= 0.6 is 11.8 Å². The Morgan fingerprint density at radius 2 is 1.49 bits per heavy atom. The fraction of sp³-hybridized carbons (Fsp3) is 0.389. The van der Waals surface area contributed by atoms with Gasteiger partial charge in [0, 0.05) is 5.75 Å². The fourth-order valence-corrected chi connectivity index (χ4v) is 7.71. The van der Waals surface area contributed by atoms with Crippen LogP contribution in [0.1, 0.15) is 61.3 Å². The number of carboxylic acids is 1. The van der Waals surface area contributed by atoms with Crippen LogP contribution in [0, 0.1) is 17.6 Å². The molecule has 5 rings (SSSR count). The van der Waals surface area contributed by atoms with Crippen LogP contribution in [0.4, 0.5) is 8.78 Å². The van der Waals surface area contributed by atoms with E-state index in [-0.39, 0.29) is 17.6 Å². The number of rotatable bonds is 15. The van der Waals surface area contributed by atoms with Crippen molar-refractivity contribution in [1.82, 2.24) is 16.0 Å². The van der Waals surface area contributed by atoms with E-state index in [1.807, 2.05) is 0 Å². The summed E-state index contributed by atoms with van der Waals surface area (Å²) < 4.78 is 32.8. The summed E-state index contributed by atoms with van der Waals surface area (Å²) in [6.07, 6.45) is 4.54. The first kappa shape index (κ1) is 35.8. The van der Waals surface area contributed by atoms with Gasteiger partial charge < -0.3 is 30.9 Å². The van der Waals surface area contributed by atoms with Gasteiger partial charge in [-0.15, -0.1) is 11.8 Å². The quantitative estimate of drug-likeness (QED) is 0.148. The standard InChI is InChI=1S/C36H39F2N3O7S/c37-26-12-6-23(7-13-26)30(42)21-49-33-34(45)41-36(33,24-8-14-27(38)15-9-24)25-10-16-28(17-11-25)48-20-32(44)39-19-31(43)40-29(35(46)47)18-22-4-2-1-3-5-22/h6-17,22,29-30,33,42H,1-5,18-21H2,(H,39,44)(H,40,43)(H,41,45)(H,46,47)/t29-,30?,33+,36+/m1/s1. The fourth-order valence-electron chi connectivity index (χ4n) is 6.36. The van der Waals surface area contributed by atoms with E-state index in [1.165, 1.54) is 48.2 Å². The molecular weight excluding hydrogens is 656 g/mol. The summed E-state index contributed by atoms with van der Waals surface area (Å²) in [6, 6.07) is 16.9. The highest BCUT2D eigenvalue weighted by atomic mass is 32.2. The Bertz CT molecular complexity index is 1620. The van der Waals surface area contributed by atoms with E-state index in [2.05, 4.69) is 16.0 Å². The zero-order valence-electron chi connectivity index (χ0n) is 26.7. The molecule has 3 aromatic carbocycles. The number of carbonyl (C=O) groups is 4. The molecule has 10 nitrogen and oxygen atoms in total. The topological polar surface area (TPSA) is 154 Å². The number of aliphatic hydroxyl groups excluding tert-OH is 1. The molecule has 0 aromatic heterocycles. The Kier molecular flexibility index (Phi) is 11.9. The number of halogens is 2. The number of hydrogen-bond acceptors (Lipinski definition) is 7. The molecule has 1 unspecified atom stereocenters. The van der Waals surface area contributed by atoms with Crippen molar-refractivity contribution in [2.45, 2.75) is 61.5 Å². The monoisotopic (exact) mass is 695 g/mol. The summed E-state index contributed by atoms with van der Waals surface area (Å²) in [6.45, 7) is -0.805. The van der Waals surface area contributed by atoms with E-state index >= 15 is 0 Å². The molecule has 0 spiro atoms. The van der Waals surface area contributed by atoms with Crippen LogP contribution < -0.4 is 20.7 Å². The summed E-state index contributed by atoms with van der Waals surface area (Å²) in [5.41, 5.74) is 0.720. The Hall–Kier alpha value is -4.49. The molecule has 1 saturated heterocycles. The number of nitrogens with one attached hydrogen (secondary N) is 3. The first-order valence-electron chi connectivity index (χ1n) is 16.2. The first-order chi connectivity index (χ1) is 23.5. The maximum Gasteiger partial charge on any atom is 0.326 e. The van der Waals surface area contributed by atoms with Crippen molar-refractivity contribution in [3.05, 3.63) is 101 Å². The van der Waals surface area contributed by atoms with Crippen molar-refractivity contribution in [2.75, 3.05) is 18.9 Å². The number of carbonyl (C=O) groups excluding carboxylic acids is 3. The maximum atomic E-state index is 13.9. The van der Waals surface area contributed by atoms with Gasteiger partial charge in [0.1, 0.15) is 34.2 Å². The predicted molar refractivity (Wildman–Crippen MR) is 179 cm³/mol. The molecule has 2 aliphatic rings. The molecule has 5 N–H and O–H groups in total. The smallest absolute Gasteiger partial charge is 0.326 e. The molecule has 0 radical (unpaired) electrons. The van der Waals surface area contributed by atoms with Crippen LogP contribution in [0.3, 0.4) is 0 Å². The van der Waals surface area contributed by atoms with E-state index < -0.39 is 65.5 Å². The molecule has 1 heterocycles. The van der Waals surface area contributed by atoms with Gasteiger partial charge in [-0.3, -0.25) is 14.4 Å². The van der Waals surface area contributed by atoms with Crippen molar-refractivity contribution in [1.29, 1.82) is 0 Å². The second-order valence-electron chi connectivity index (χ2n) is 12.4. The Morgan fingerprint density at radius 3 is 2.08 bits per heavy atom. The van der Waals surface area contributed by atoms with E-state index in [0.29, 0.717) is 28.9 Å². The predicted octanol–water partition coefficient (Wildman–Crippen LogP) is 4.21. The van der Waals surface area contributed by atoms with Crippen molar-refractivity contribution >= 4 is 35.5 Å². The minimum absolute atomic E-state index is 0.137. The normalized spacial score (nSPS) is 20.3. The molecule has 0 bridgehead atoms. The third-order valence-corrected chi connectivity index (χ3v) is 10.4. The summed E-state index contributed by atoms with van der Waals surface area (Å²) >= 11 is 1.22. The highest BCUT2D eigenvalue weighted by molar-refractivity contribution is 8.00. The van der Waals surface area contributed by atoms with Crippen LogP contribution in [0.25, 0.3) is 0 Å². The van der Waals surface area contributed by atoms with Crippen LogP contribution in [0.2, 0.25) is 0 Å². The Balaban J connectivity index is 1.18. The Labute approximate surface area is 287 Å². The highest BCUT2D eigenvalue weighted by Crippen LogP contribution is 2.46. The van der Waals surface area contributed by atoms with Gasteiger partial charge in [-0.1, -0.05) is 68.5 Å². The third-order valence-electron chi connectivity index (χ3n) is 8.98. The molecule has 49 heavy (non-hydrogen) atoms. The van der Waals surface area contributed by atoms with E-state index in [0.717, 1.165) is 32.1 Å². The average molecular weight is 696 g/mol.